The van der Waals surface area contributed by atoms with Gasteiger partial charge in [0.05, 0.1) is 22.2 Å². The molecule has 3 aromatic rings. The van der Waals surface area contributed by atoms with E-state index in [2.05, 4.69) is 4.98 Å². The number of halogens is 3. The van der Waals surface area contributed by atoms with Crippen LogP contribution >= 0.6 is 0 Å². The molecule has 0 saturated heterocycles. The maximum Gasteiger partial charge on any atom is 0.418 e. The van der Waals surface area contributed by atoms with Crippen LogP contribution in [-0.4, -0.2) is 14.5 Å². The van der Waals surface area contributed by atoms with Crippen LogP contribution in [0.3, 0.4) is 0 Å². The first-order valence-electron chi connectivity index (χ1n) is 6.33. The number of fused-ring (bicyclic) bond motifs is 1. The highest BCUT2D eigenvalue weighted by molar-refractivity contribution is 5.81. The predicted molar refractivity (Wildman–Crippen MR) is 75.8 cm³/mol. The van der Waals surface area contributed by atoms with Gasteiger partial charge < -0.3 is 4.98 Å². The summed E-state index contributed by atoms with van der Waals surface area (Å²) in [6.07, 6.45) is -3.61. The number of nitrogens with zero attached hydrogens (tertiary/aromatic N) is 1. The van der Waals surface area contributed by atoms with Gasteiger partial charge in [0.15, 0.2) is 0 Å². The fraction of sp³-hybridized carbons (Fsp3) is 0.0714. The predicted octanol–water partition coefficient (Wildman–Crippen LogP) is 1.39. The summed E-state index contributed by atoms with van der Waals surface area (Å²) in [5.74, 6) is 0. The van der Waals surface area contributed by atoms with Crippen molar-refractivity contribution in [3.8, 4) is 5.69 Å². The molecule has 0 aliphatic heterocycles. The van der Waals surface area contributed by atoms with Crippen molar-refractivity contribution in [2.75, 3.05) is 0 Å². The molecule has 0 fully saturated rings. The SMILES string of the molecule is O=c1[nH]c(=O)c2cc(-n3ccccc3=O)c(C(F)(F)F)cc2[nH]1. The van der Waals surface area contributed by atoms with Gasteiger partial charge in [0, 0.05) is 12.3 Å². The molecular weight excluding hydrogens is 315 g/mol. The zero-order valence-electron chi connectivity index (χ0n) is 11.3. The fourth-order valence-corrected chi connectivity index (χ4v) is 2.26. The van der Waals surface area contributed by atoms with E-state index in [4.69, 9.17) is 0 Å². The normalized spacial score (nSPS) is 11.8. The molecule has 1 aromatic carbocycles. The second-order valence-corrected chi connectivity index (χ2v) is 4.73. The standard InChI is InChI=1S/C14H8F3N3O3/c15-14(16,17)8-6-9-7(12(22)19-13(23)18-9)5-10(8)20-4-2-1-3-11(20)21/h1-6H,(H2,18,19,22,23). The number of hydrogen-bond acceptors (Lipinski definition) is 3. The third kappa shape index (κ3) is 2.56. The van der Waals surface area contributed by atoms with Crippen molar-refractivity contribution in [2.24, 2.45) is 0 Å². The number of aromatic nitrogens is 3. The number of rotatable bonds is 1. The summed E-state index contributed by atoms with van der Waals surface area (Å²) < 4.78 is 40.7. The van der Waals surface area contributed by atoms with Crippen molar-refractivity contribution in [1.82, 2.24) is 14.5 Å². The summed E-state index contributed by atoms with van der Waals surface area (Å²) in [7, 11) is 0. The number of alkyl halides is 3. The maximum atomic E-state index is 13.3. The van der Waals surface area contributed by atoms with Gasteiger partial charge in [0.25, 0.3) is 11.1 Å². The molecule has 0 bridgehead atoms. The molecule has 0 aliphatic rings. The second kappa shape index (κ2) is 4.97. The molecule has 9 heteroatoms. The van der Waals surface area contributed by atoms with Crippen molar-refractivity contribution < 1.29 is 13.2 Å². The summed E-state index contributed by atoms with van der Waals surface area (Å²) in [6.45, 7) is 0. The van der Waals surface area contributed by atoms with Crippen molar-refractivity contribution >= 4 is 10.9 Å². The summed E-state index contributed by atoms with van der Waals surface area (Å²) >= 11 is 0. The molecule has 6 nitrogen and oxygen atoms in total. The van der Waals surface area contributed by atoms with E-state index < -0.39 is 34.2 Å². The van der Waals surface area contributed by atoms with Crippen LogP contribution in [0.5, 0.6) is 0 Å². The number of H-pyrrole nitrogens is 2. The highest BCUT2D eigenvalue weighted by atomic mass is 19.4. The Bertz CT molecular complexity index is 1080. The summed E-state index contributed by atoms with van der Waals surface area (Å²) in [5.41, 5.74) is -4.34. The van der Waals surface area contributed by atoms with E-state index in [0.717, 1.165) is 16.7 Å². The molecule has 0 aliphatic carbocycles. The Morgan fingerprint density at radius 2 is 1.74 bits per heavy atom. The van der Waals surface area contributed by atoms with Gasteiger partial charge in [0.2, 0.25) is 0 Å². The van der Waals surface area contributed by atoms with Crippen molar-refractivity contribution in [1.29, 1.82) is 0 Å². The van der Waals surface area contributed by atoms with Gasteiger partial charge in [-0.15, -0.1) is 0 Å². The van der Waals surface area contributed by atoms with E-state index in [1.54, 1.807) is 0 Å². The lowest BCUT2D eigenvalue weighted by Gasteiger charge is -2.15. The summed E-state index contributed by atoms with van der Waals surface area (Å²) in [5, 5.41) is -0.164. The highest BCUT2D eigenvalue weighted by Crippen LogP contribution is 2.34. The molecule has 2 N–H and O–H groups in total. The van der Waals surface area contributed by atoms with Gasteiger partial charge in [-0.1, -0.05) is 6.07 Å². The van der Waals surface area contributed by atoms with Gasteiger partial charge in [-0.3, -0.25) is 19.1 Å². The minimum atomic E-state index is -4.78. The van der Waals surface area contributed by atoms with E-state index in [9.17, 15) is 27.6 Å². The number of nitrogens with one attached hydrogen (secondary N) is 2. The molecule has 0 atom stereocenters. The molecule has 0 amide bonds. The quantitative estimate of drug-likeness (QED) is 0.709. The third-order valence-electron chi connectivity index (χ3n) is 3.24. The monoisotopic (exact) mass is 323 g/mol. The Hall–Kier alpha value is -3.10. The minimum Gasteiger partial charge on any atom is -0.307 e. The van der Waals surface area contributed by atoms with Crippen LogP contribution < -0.4 is 16.8 Å². The first-order chi connectivity index (χ1) is 10.8. The first kappa shape index (κ1) is 14.8. The lowest BCUT2D eigenvalue weighted by Crippen LogP contribution is -2.24. The Balaban J connectivity index is 2.49. The first-order valence-corrected chi connectivity index (χ1v) is 6.33. The van der Waals surface area contributed by atoms with Gasteiger partial charge >= 0.3 is 11.9 Å². The van der Waals surface area contributed by atoms with Gasteiger partial charge in [0.1, 0.15) is 0 Å². The molecule has 23 heavy (non-hydrogen) atoms. The smallest absolute Gasteiger partial charge is 0.307 e. The Labute approximate surface area is 124 Å². The molecule has 0 saturated carbocycles. The van der Waals surface area contributed by atoms with E-state index in [1.165, 1.54) is 18.3 Å². The molecule has 118 valence electrons. The van der Waals surface area contributed by atoms with E-state index in [0.29, 0.717) is 6.07 Å². The average Bonchev–Trinajstić information content (AvgIpc) is 2.46. The molecule has 2 heterocycles. The summed E-state index contributed by atoms with van der Waals surface area (Å²) in [4.78, 5) is 38.9. The second-order valence-electron chi connectivity index (χ2n) is 4.73. The van der Waals surface area contributed by atoms with Gasteiger partial charge in [-0.25, -0.2) is 4.79 Å². The van der Waals surface area contributed by atoms with E-state index in [1.807, 2.05) is 4.98 Å². The average molecular weight is 323 g/mol. The Kier molecular flexibility index (Phi) is 3.20. The van der Waals surface area contributed by atoms with Crippen LogP contribution in [0.2, 0.25) is 0 Å². The number of aromatic amines is 2. The fourth-order valence-electron chi connectivity index (χ4n) is 2.26. The van der Waals surface area contributed by atoms with Crippen LogP contribution in [0.15, 0.2) is 50.9 Å². The van der Waals surface area contributed by atoms with Crippen LogP contribution in [0.25, 0.3) is 16.6 Å². The molecule has 2 aromatic heterocycles. The Morgan fingerprint density at radius 3 is 2.39 bits per heavy atom. The van der Waals surface area contributed by atoms with Crippen LogP contribution in [0.4, 0.5) is 13.2 Å². The van der Waals surface area contributed by atoms with Gasteiger partial charge in [-0.05, 0) is 18.2 Å². The lowest BCUT2D eigenvalue weighted by atomic mass is 10.1. The van der Waals surface area contributed by atoms with E-state index >= 15 is 0 Å². The zero-order valence-corrected chi connectivity index (χ0v) is 11.3. The minimum absolute atomic E-state index is 0.164. The highest BCUT2D eigenvalue weighted by Gasteiger charge is 2.35. The van der Waals surface area contributed by atoms with Gasteiger partial charge in [-0.2, -0.15) is 13.2 Å². The molecule has 0 radical (unpaired) electrons. The zero-order chi connectivity index (χ0) is 16.8. The largest absolute Gasteiger partial charge is 0.418 e. The van der Waals surface area contributed by atoms with Crippen molar-refractivity contribution in [2.45, 2.75) is 6.18 Å². The topological polar surface area (TPSA) is 87.7 Å². The van der Waals surface area contributed by atoms with Crippen molar-refractivity contribution in [3.63, 3.8) is 0 Å². The number of benzene rings is 1. The van der Waals surface area contributed by atoms with Crippen LogP contribution in [-0.2, 0) is 6.18 Å². The number of hydrogen-bond donors (Lipinski definition) is 2. The molecular formula is C14H8F3N3O3. The third-order valence-corrected chi connectivity index (χ3v) is 3.24. The maximum absolute atomic E-state index is 13.3. The summed E-state index contributed by atoms with van der Waals surface area (Å²) in [6, 6.07) is 5.44. The lowest BCUT2D eigenvalue weighted by molar-refractivity contribution is -0.137. The Morgan fingerprint density at radius 1 is 1.00 bits per heavy atom. The molecule has 3 rings (SSSR count). The molecule has 0 spiro atoms. The number of pyridine rings is 1. The molecule has 0 unspecified atom stereocenters. The van der Waals surface area contributed by atoms with Crippen LogP contribution in [0.1, 0.15) is 5.56 Å². The van der Waals surface area contributed by atoms with Crippen molar-refractivity contribution in [3.05, 3.63) is 73.3 Å². The van der Waals surface area contributed by atoms with E-state index in [-0.39, 0.29) is 10.9 Å². The van der Waals surface area contributed by atoms with Crippen LogP contribution in [0, 0.1) is 0 Å².